The van der Waals surface area contributed by atoms with Crippen LogP contribution < -0.4 is 5.32 Å². The van der Waals surface area contributed by atoms with Crippen molar-refractivity contribution < 1.29 is 0 Å². The number of hydrogen-bond donors (Lipinski definition) is 1. The number of hydrogen-bond acceptors (Lipinski definition) is 2. The Bertz CT molecular complexity index is 992. The first-order valence-corrected chi connectivity index (χ1v) is 13.9. The Labute approximate surface area is 227 Å². The second-order valence-corrected chi connectivity index (χ2v) is 9.73. The summed E-state index contributed by atoms with van der Waals surface area (Å²) >= 11 is 0. The zero-order chi connectivity index (χ0) is 26.9. The molecule has 1 aliphatic carbocycles. The molecule has 1 aliphatic heterocycles. The summed E-state index contributed by atoms with van der Waals surface area (Å²) < 4.78 is 0. The van der Waals surface area contributed by atoms with Crippen LogP contribution in [0.2, 0.25) is 0 Å². The van der Waals surface area contributed by atoms with Gasteiger partial charge in [-0.25, -0.2) is 0 Å². The highest BCUT2D eigenvalue weighted by Crippen LogP contribution is 2.25. The van der Waals surface area contributed by atoms with Crippen LogP contribution in [-0.4, -0.2) is 17.5 Å². The van der Waals surface area contributed by atoms with Crippen molar-refractivity contribution in [2.24, 2.45) is 0 Å². The van der Waals surface area contributed by atoms with Gasteiger partial charge in [-0.05, 0) is 87.5 Å². The fourth-order valence-corrected chi connectivity index (χ4v) is 4.57. The van der Waals surface area contributed by atoms with E-state index >= 15 is 0 Å². The standard InChI is InChI=1S/C35H48N2/c1-7-10-18-29(4)30(5)25-26-31(6)37(28-17-21-32(8-2)33-19-12-11-13-20-33)35(9-3)24-16-23-34-22-14-15-27-36-34/h7,9,12,14-15,17,19-22,28,35-36H,1,3-6,8,10-11,13,16,18,23-27H2,2H3/b28-17+,32-21+. The molecule has 0 fully saturated rings. The van der Waals surface area contributed by atoms with Crippen molar-refractivity contribution in [3.63, 3.8) is 0 Å². The predicted molar refractivity (Wildman–Crippen MR) is 165 cm³/mol. The van der Waals surface area contributed by atoms with E-state index in [1.165, 1.54) is 16.8 Å². The van der Waals surface area contributed by atoms with Gasteiger partial charge in [-0.3, -0.25) is 0 Å². The summed E-state index contributed by atoms with van der Waals surface area (Å²) in [5.74, 6) is 0. The van der Waals surface area contributed by atoms with Crippen molar-refractivity contribution in [3.05, 3.63) is 134 Å². The molecule has 2 nitrogen and oxygen atoms in total. The highest BCUT2D eigenvalue weighted by molar-refractivity contribution is 5.42. The molecule has 0 bridgehead atoms. The summed E-state index contributed by atoms with van der Waals surface area (Å²) in [4.78, 5) is 2.31. The third-order valence-electron chi connectivity index (χ3n) is 6.98. The summed E-state index contributed by atoms with van der Waals surface area (Å²) in [7, 11) is 0. The molecule has 2 rings (SSSR count). The monoisotopic (exact) mass is 496 g/mol. The maximum atomic E-state index is 4.49. The Hall–Kier alpha value is -3.26. The lowest BCUT2D eigenvalue weighted by molar-refractivity contribution is 0.356. The quantitative estimate of drug-likeness (QED) is 0.150. The smallest absolute Gasteiger partial charge is 0.0510 e. The molecule has 0 aromatic rings. The normalized spacial score (nSPS) is 16.0. The summed E-state index contributed by atoms with van der Waals surface area (Å²) in [5.41, 5.74) is 7.32. The lowest BCUT2D eigenvalue weighted by atomic mass is 9.97. The summed E-state index contributed by atoms with van der Waals surface area (Å²) in [6.45, 7) is 24.1. The zero-order valence-electron chi connectivity index (χ0n) is 23.2. The van der Waals surface area contributed by atoms with E-state index in [-0.39, 0.29) is 6.04 Å². The van der Waals surface area contributed by atoms with E-state index in [0.717, 1.165) is 87.6 Å². The van der Waals surface area contributed by atoms with E-state index in [1.807, 2.05) is 6.08 Å². The summed E-state index contributed by atoms with van der Waals surface area (Å²) in [6.07, 6.45) is 33.9. The molecule has 0 aromatic heterocycles. The minimum absolute atomic E-state index is 0.188. The second-order valence-electron chi connectivity index (χ2n) is 9.73. The third kappa shape index (κ3) is 10.7. The molecule has 1 unspecified atom stereocenters. The average Bonchev–Trinajstić information content (AvgIpc) is 2.94. The molecule has 0 spiro atoms. The van der Waals surface area contributed by atoms with Gasteiger partial charge in [-0.15, -0.1) is 13.2 Å². The minimum Gasteiger partial charge on any atom is -0.385 e. The lowest BCUT2D eigenvalue weighted by Gasteiger charge is -2.31. The van der Waals surface area contributed by atoms with Gasteiger partial charge >= 0.3 is 0 Å². The molecule has 0 radical (unpaired) electrons. The van der Waals surface area contributed by atoms with Crippen LogP contribution in [0, 0.1) is 0 Å². The Morgan fingerprint density at radius 3 is 2.54 bits per heavy atom. The molecule has 2 heteroatoms. The fourth-order valence-electron chi connectivity index (χ4n) is 4.57. The number of dihydropyridines is 1. The van der Waals surface area contributed by atoms with Gasteiger partial charge in [0.2, 0.25) is 0 Å². The SMILES string of the molecule is C=CCCC(=C)C(=C)CCC(=C)N(/C=C/C=C(\CC)C1=CCCC=C1)C(C=C)CCCC1=CC=CCN1. The van der Waals surface area contributed by atoms with Crippen LogP contribution >= 0.6 is 0 Å². The van der Waals surface area contributed by atoms with Crippen molar-refractivity contribution in [2.75, 3.05) is 6.54 Å². The average molecular weight is 497 g/mol. The van der Waals surface area contributed by atoms with E-state index in [9.17, 15) is 0 Å². The van der Waals surface area contributed by atoms with Crippen molar-refractivity contribution >= 4 is 0 Å². The predicted octanol–water partition coefficient (Wildman–Crippen LogP) is 9.56. The molecular formula is C35H48N2. The van der Waals surface area contributed by atoms with Gasteiger partial charge < -0.3 is 10.2 Å². The van der Waals surface area contributed by atoms with Crippen molar-refractivity contribution in [1.29, 1.82) is 0 Å². The number of rotatable bonds is 18. The third-order valence-corrected chi connectivity index (χ3v) is 6.98. The molecule has 1 heterocycles. The van der Waals surface area contributed by atoms with Crippen molar-refractivity contribution in [2.45, 2.75) is 77.2 Å². The van der Waals surface area contributed by atoms with Gasteiger partial charge in [0.1, 0.15) is 0 Å². The molecule has 198 valence electrons. The first kappa shape index (κ1) is 30.0. The van der Waals surface area contributed by atoms with E-state index < -0.39 is 0 Å². The minimum atomic E-state index is 0.188. The molecule has 0 saturated heterocycles. The first-order valence-electron chi connectivity index (χ1n) is 13.9. The molecule has 37 heavy (non-hydrogen) atoms. The first-order chi connectivity index (χ1) is 18.0. The zero-order valence-corrected chi connectivity index (χ0v) is 23.2. The van der Waals surface area contributed by atoms with Crippen LogP contribution in [-0.2, 0) is 0 Å². The van der Waals surface area contributed by atoms with Crippen molar-refractivity contribution in [3.8, 4) is 0 Å². The van der Waals surface area contributed by atoms with E-state index in [0.29, 0.717) is 0 Å². The van der Waals surface area contributed by atoms with Crippen LogP contribution in [0.25, 0.3) is 0 Å². The van der Waals surface area contributed by atoms with E-state index in [1.54, 1.807) is 0 Å². The Kier molecular flexibility index (Phi) is 14.0. The van der Waals surface area contributed by atoms with Crippen molar-refractivity contribution in [1.82, 2.24) is 10.2 Å². The number of allylic oxidation sites excluding steroid dienone is 14. The highest BCUT2D eigenvalue weighted by Gasteiger charge is 2.16. The molecule has 0 aromatic carbocycles. The van der Waals surface area contributed by atoms with Gasteiger partial charge in [-0.1, -0.05) is 86.4 Å². The van der Waals surface area contributed by atoms with Gasteiger partial charge in [0.15, 0.2) is 0 Å². The van der Waals surface area contributed by atoms with Crippen LogP contribution in [0.15, 0.2) is 134 Å². The Morgan fingerprint density at radius 2 is 1.89 bits per heavy atom. The van der Waals surface area contributed by atoms with Crippen LogP contribution in [0.4, 0.5) is 0 Å². The molecule has 0 amide bonds. The molecule has 1 atom stereocenters. The van der Waals surface area contributed by atoms with Crippen LogP contribution in [0.3, 0.4) is 0 Å². The lowest BCUT2D eigenvalue weighted by Crippen LogP contribution is -2.28. The number of nitrogens with one attached hydrogen (secondary N) is 1. The van der Waals surface area contributed by atoms with E-state index in [4.69, 9.17) is 0 Å². The Morgan fingerprint density at radius 1 is 1.08 bits per heavy atom. The molecule has 0 saturated carbocycles. The van der Waals surface area contributed by atoms with Gasteiger partial charge in [-0.2, -0.15) is 0 Å². The molecule has 2 aliphatic rings. The molecule has 1 N–H and O–H groups in total. The van der Waals surface area contributed by atoms with Crippen LogP contribution in [0.1, 0.15) is 71.1 Å². The van der Waals surface area contributed by atoms with Gasteiger partial charge in [0, 0.05) is 24.1 Å². The maximum Gasteiger partial charge on any atom is 0.0510 e. The highest BCUT2D eigenvalue weighted by atomic mass is 15.1. The summed E-state index contributed by atoms with van der Waals surface area (Å²) in [6, 6.07) is 0.188. The largest absolute Gasteiger partial charge is 0.385 e. The topological polar surface area (TPSA) is 15.3 Å². The second kappa shape index (κ2) is 17.2. The van der Waals surface area contributed by atoms with Crippen LogP contribution in [0.5, 0.6) is 0 Å². The van der Waals surface area contributed by atoms with E-state index in [2.05, 4.69) is 111 Å². The fraction of sp³-hybridized carbons (Fsp3) is 0.371. The van der Waals surface area contributed by atoms with Gasteiger partial charge in [0.25, 0.3) is 0 Å². The van der Waals surface area contributed by atoms with Gasteiger partial charge in [0.05, 0.1) is 6.04 Å². The summed E-state index contributed by atoms with van der Waals surface area (Å²) in [5, 5.41) is 3.47. The Balaban J connectivity index is 2.12. The maximum absolute atomic E-state index is 4.49. The number of nitrogens with zero attached hydrogens (tertiary/aromatic N) is 1. The molecular weight excluding hydrogens is 448 g/mol.